The number of rotatable bonds is 6. The third-order valence-corrected chi connectivity index (χ3v) is 7.54. The molecule has 2 aromatic rings. The number of carbonyl (C=O) groups excluding carboxylic acids is 1. The molecule has 0 spiro atoms. The van der Waals surface area contributed by atoms with Crippen molar-refractivity contribution in [3.63, 3.8) is 0 Å². The predicted molar refractivity (Wildman–Crippen MR) is 132 cm³/mol. The summed E-state index contributed by atoms with van der Waals surface area (Å²) in [6.45, 7) is 0.747. The maximum Gasteiger partial charge on any atom is 0.416 e. The van der Waals surface area contributed by atoms with Gasteiger partial charge in [0.2, 0.25) is 0 Å². The molecule has 43 heavy (non-hydrogen) atoms. The van der Waals surface area contributed by atoms with E-state index >= 15 is 0 Å². The average Bonchev–Trinajstić information content (AvgIpc) is 3.19. The molecule has 0 radical (unpaired) electrons. The van der Waals surface area contributed by atoms with E-state index in [1.54, 1.807) is 0 Å². The van der Waals surface area contributed by atoms with Crippen molar-refractivity contribution in [3.8, 4) is 5.75 Å². The molecule has 2 aliphatic rings. The van der Waals surface area contributed by atoms with Gasteiger partial charge in [0, 0.05) is 24.2 Å². The summed E-state index contributed by atoms with van der Waals surface area (Å²) in [4.78, 5) is 24.5. The molecule has 7 nitrogen and oxygen atoms in total. The number of ether oxygens (including phenoxy) is 2. The fraction of sp³-hybridized carbons (Fsp3) is 0.444. The zero-order chi connectivity index (χ0) is 32.1. The molecule has 0 N–H and O–H groups in total. The molecule has 1 aliphatic heterocycles. The predicted octanol–water partition coefficient (Wildman–Crippen LogP) is 8.34. The summed E-state index contributed by atoms with van der Waals surface area (Å²) in [6, 6.07) is 3.09. The van der Waals surface area contributed by atoms with E-state index in [0.717, 1.165) is 17.0 Å². The third-order valence-electron chi connectivity index (χ3n) is 7.54. The van der Waals surface area contributed by atoms with Crippen LogP contribution in [0.25, 0.3) is 5.57 Å². The van der Waals surface area contributed by atoms with Crippen LogP contribution in [0.3, 0.4) is 0 Å². The first kappa shape index (κ1) is 31.9. The highest BCUT2D eigenvalue weighted by atomic mass is 19.4. The molecule has 0 saturated carbocycles. The number of benzene rings is 2. The normalized spacial score (nSPS) is 21.7. The van der Waals surface area contributed by atoms with Gasteiger partial charge >= 0.3 is 24.6 Å². The molecular weight excluding hydrogens is 603 g/mol. The van der Waals surface area contributed by atoms with Gasteiger partial charge in [-0.25, -0.2) is 4.79 Å². The number of cyclic esters (lactones) is 1. The summed E-state index contributed by atoms with van der Waals surface area (Å²) in [5, 5.41) is 11.4. The van der Waals surface area contributed by atoms with Gasteiger partial charge in [0.15, 0.2) is 0 Å². The molecule has 3 atom stereocenters. The Labute approximate surface area is 238 Å². The monoisotopic (exact) mass is 626 g/mol. The first-order valence-corrected chi connectivity index (χ1v) is 12.7. The van der Waals surface area contributed by atoms with Crippen LogP contribution in [0.1, 0.15) is 54.5 Å². The topological polar surface area (TPSA) is 81.9 Å². The Bertz CT molecular complexity index is 1420. The lowest BCUT2D eigenvalue weighted by molar-refractivity contribution is -0.384. The van der Waals surface area contributed by atoms with Gasteiger partial charge < -0.3 is 9.47 Å². The molecule has 1 heterocycles. The minimum atomic E-state index is -5.16. The van der Waals surface area contributed by atoms with Gasteiger partial charge in [-0.05, 0) is 67.2 Å². The fourth-order valence-electron chi connectivity index (χ4n) is 5.34. The standard InChI is InChI=1S/C27H23F9N2O5/c1-13-23(14-7-17(26(31,32)33)10-18(8-14)27(34,35)36)43-24(39)37(13)12-15-9-16(25(28,29)30)3-5-20(15)21-11-19(38(40)41)4-6-22(21)42-2/h4,6-8,10-11,13,16,23H,3,5,9,12H2,1-2H3/t13-,16?,23-/m0/s1. The highest BCUT2D eigenvalue weighted by Crippen LogP contribution is 2.47. The van der Waals surface area contributed by atoms with Gasteiger partial charge in [0.25, 0.3) is 5.69 Å². The first-order valence-electron chi connectivity index (χ1n) is 12.7. The second-order valence-corrected chi connectivity index (χ2v) is 10.2. The largest absolute Gasteiger partial charge is 0.496 e. The van der Waals surface area contributed by atoms with E-state index in [0.29, 0.717) is 12.1 Å². The van der Waals surface area contributed by atoms with E-state index < -0.39 is 77.3 Å². The van der Waals surface area contributed by atoms with Crippen LogP contribution < -0.4 is 4.74 Å². The van der Waals surface area contributed by atoms with Crippen molar-refractivity contribution >= 4 is 17.4 Å². The summed E-state index contributed by atoms with van der Waals surface area (Å²) in [6.07, 6.45) is -18.9. The second kappa shape index (κ2) is 11.3. The summed E-state index contributed by atoms with van der Waals surface area (Å²) in [5.41, 5.74) is -3.82. The SMILES string of the molecule is COc1ccc([N+](=O)[O-])cc1C1=C(CN2C(=O)O[C@H](c3cc(C(F)(F)F)cc(C(F)(F)F)c3)[C@@H]2C)CC(C(F)(F)F)CC1. The van der Waals surface area contributed by atoms with Crippen LogP contribution in [0.5, 0.6) is 5.75 Å². The van der Waals surface area contributed by atoms with Crippen LogP contribution in [-0.4, -0.2) is 41.8 Å². The van der Waals surface area contributed by atoms with Gasteiger partial charge in [-0.3, -0.25) is 15.0 Å². The van der Waals surface area contributed by atoms with Gasteiger partial charge in [-0.1, -0.05) is 0 Å². The first-order chi connectivity index (χ1) is 19.8. The molecular formula is C27H23F9N2O5. The number of nitrogens with zero attached hydrogens (tertiary/aromatic N) is 2. The summed E-state index contributed by atoms with van der Waals surface area (Å²) in [5.74, 6) is -1.72. The number of nitro groups is 1. The molecule has 1 saturated heterocycles. The number of hydrogen-bond donors (Lipinski definition) is 0. The number of carbonyl (C=O) groups is 1. The van der Waals surface area contributed by atoms with Crippen molar-refractivity contribution < 1.29 is 58.7 Å². The van der Waals surface area contributed by atoms with Crippen LogP contribution in [-0.2, 0) is 17.1 Å². The molecule has 0 aromatic heterocycles. The van der Waals surface area contributed by atoms with E-state index in [1.165, 1.54) is 20.1 Å². The molecule has 1 aliphatic carbocycles. The van der Waals surface area contributed by atoms with E-state index in [9.17, 15) is 54.4 Å². The lowest BCUT2D eigenvalue weighted by Gasteiger charge is -2.32. The smallest absolute Gasteiger partial charge is 0.416 e. The number of non-ortho nitro benzene ring substituents is 1. The second-order valence-electron chi connectivity index (χ2n) is 10.2. The zero-order valence-electron chi connectivity index (χ0n) is 22.4. The van der Waals surface area contributed by atoms with Crippen LogP contribution in [0.2, 0.25) is 0 Å². The summed E-state index contributed by atoms with van der Waals surface area (Å²) >= 11 is 0. The lowest BCUT2D eigenvalue weighted by Crippen LogP contribution is -2.36. The minimum Gasteiger partial charge on any atom is -0.496 e. The van der Waals surface area contributed by atoms with Crippen LogP contribution >= 0.6 is 0 Å². The highest BCUT2D eigenvalue weighted by molar-refractivity contribution is 5.77. The van der Waals surface area contributed by atoms with Crippen molar-refractivity contribution in [1.29, 1.82) is 0 Å². The Balaban J connectivity index is 1.77. The van der Waals surface area contributed by atoms with Crippen LogP contribution in [0, 0.1) is 16.0 Å². The van der Waals surface area contributed by atoms with Gasteiger partial charge in [0.05, 0.1) is 35.1 Å². The molecule has 4 rings (SSSR count). The average molecular weight is 626 g/mol. The number of hydrogen-bond acceptors (Lipinski definition) is 5. The quantitative estimate of drug-likeness (QED) is 0.183. The molecule has 0 bridgehead atoms. The fourth-order valence-corrected chi connectivity index (χ4v) is 5.34. The van der Waals surface area contributed by atoms with Crippen molar-refractivity contribution in [2.75, 3.05) is 13.7 Å². The van der Waals surface area contributed by atoms with E-state index in [-0.39, 0.29) is 47.1 Å². The number of alkyl halides is 9. The number of halogens is 9. The minimum absolute atomic E-state index is 0.0387. The Morgan fingerprint density at radius 2 is 1.60 bits per heavy atom. The van der Waals surface area contributed by atoms with Crippen molar-refractivity contribution in [2.24, 2.45) is 5.92 Å². The van der Waals surface area contributed by atoms with Gasteiger partial charge in [-0.2, -0.15) is 39.5 Å². The van der Waals surface area contributed by atoms with Crippen LogP contribution in [0.15, 0.2) is 42.0 Å². The van der Waals surface area contributed by atoms with E-state index in [2.05, 4.69) is 0 Å². The Kier molecular flexibility index (Phi) is 8.37. The van der Waals surface area contributed by atoms with Crippen molar-refractivity contribution in [1.82, 2.24) is 4.90 Å². The van der Waals surface area contributed by atoms with Gasteiger partial charge in [-0.15, -0.1) is 0 Å². The third kappa shape index (κ3) is 6.67. The van der Waals surface area contributed by atoms with E-state index in [1.807, 2.05) is 0 Å². The molecule has 1 amide bonds. The van der Waals surface area contributed by atoms with Gasteiger partial charge in [0.1, 0.15) is 11.9 Å². The lowest BCUT2D eigenvalue weighted by atomic mass is 9.80. The number of allylic oxidation sites excluding steroid dienone is 1. The number of methoxy groups -OCH3 is 1. The highest BCUT2D eigenvalue weighted by Gasteiger charge is 2.46. The van der Waals surface area contributed by atoms with E-state index in [4.69, 9.17) is 9.47 Å². The Hall–Kier alpha value is -3.98. The number of nitro benzene ring substituents is 1. The molecule has 2 aromatic carbocycles. The molecule has 1 unspecified atom stereocenters. The summed E-state index contributed by atoms with van der Waals surface area (Å²) < 4.78 is 132. The maximum atomic E-state index is 13.8. The van der Waals surface area contributed by atoms with Crippen molar-refractivity contribution in [2.45, 2.75) is 56.9 Å². The van der Waals surface area contributed by atoms with Crippen LogP contribution in [0.4, 0.5) is 50.0 Å². The molecule has 16 heteroatoms. The summed E-state index contributed by atoms with van der Waals surface area (Å²) in [7, 11) is 1.25. The zero-order valence-corrected chi connectivity index (χ0v) is 22.4. The molecule has 234 valence electrons. The Morgan fingerprint density at radius 1 is 1.00 bits per heavy atom. The number of amides is 1. The van der Waals surface area contributed by atoms with Crippen molar-refractivity contribution in [3.05, 3.63) is 74.3 Å². The molecule has 1 fully saturated rings. The Morgan fingerprint density at radius 3 is 2.12 bits per heavy atom. The maximum absolute atomic E-state index is 13.8.